The van der Waals surface area contributed by atoms with Gasteiger partial charge >= 0.3 is 0 Å². The summed E-state index contributed by atoms with van der Waals surface area (Å²) < 4.78 is 32.2. The summed E-state index contributed by atoms with van der Waals surface area (Å²) in [5.41, 5.74) is 1.63. The van der Waals surface area contributed by atoms with Gasteiger partial charge < -0.3 is 9.72 Å². The lowest BCUT2D eigenvalue weighted by molar-refractivity contribution is 0.0816. The fourth-order valence-corrected chi connectivity index (χ4v) is 2.37. The quantitative estimate of drug-likeness (QED) is 0.746. The third-order valence-electron chi connectivity index (χ3n) is 3.52. The number of nitrogens with one attached hydrogen (secondary N) is 1. The van der Waals surface area contributed by atoms with Gasteiger partial charge in [-0.25, -0.2) is 13.8 Å². The highest BCUT2D eigenvalue weighted by atomic mass is 19.1. The normalized spacial score (nSPS) is 11.1. The number of hydrogen-bond donors (Lipinski definition) is 1. The van der Waals surface area contributed by atoms with E-state index in [0.717, 1.165) is 17.0 Å². The van der Waals surface area contributed by atoms with Crippen molar-refractivity contribution >= 4 is 0 Å². The van der Waals surface area contributed by atoms with Gasteiger partial charge in [0.2, 0.25) is 0 Å². The molecule has 0 spiro atoms. The van der Waals surface area contributed by atoms with Crippen LogP contribution in [0.25, 0.3) is 0 Å². The van der Waals surface area contributed by atoms with E-state index in [1.807, 2.05) is 0 Å². The van der Waals surface area contributed by atoms with Crippen LogP contribution in [0.1, 0.15) is 23.1 Å². The summed E-state index contributed by atoms with van der Waals surface area (Å²) in [4.78, 5) is 7.16. The van der Waals surface area contributed by atoms with Crippen LogP contribution in [0.2, 0.25) is 0 Å². The number of ether oxygens (including phenoxy) is 1. The van der Waals surface area contributed by atoms with Gasteiger partial charge in [-0.3, -0.25) is 0 Å². The fourth-order valence-electron chi connectivity index (χ4n) is 2.37. The molecule has 5 heteroatoms. The van der Waals surface area contributed by atoms with E-state index < -0.39 is 0 Å². The van der Waals surface area contributed by atoms with Gasteiger partial charge in [0, 0.05) is 18.8 Å². The summed E-state index contributed by atoms with van der Waals surface area (Å²) in [6.45, 7) is 0.437. The standard InChI is InChI=1S/C18H16F2N2O/c19-15-5-1-13(2-6-15)18(14-3-7-16(20)8-4-14)23-12-9-17-21-10-11-22-17/h1-8,10-11,18H,9,12H2,(H,21,22). The first-order chi connectivity index (χ1) is 11.2. The number of benzene rings is 2. The lowest BCUT2D eigenvalue weighted by Crippen LogP contribution is -2.09. The molecule has 0 aliphatic rings. The molecule has 0 radical (unpaired) electrons. The topological polar surface area (TPSA) is 37.9 Å². The summed E-state index contributed by atoms with van der Waals surface area (Å²) in [5.74, 6) is 0.228. The van der Waals surface area contributed by atoms with Crippen LogP contribution in [0.5, 0.6) is 0 Å². The van der Waals surface area contributed by atoms with E-state index in [0.29, 0.717) is 13.0 Å². The largest absolute Gasteiger partial charge is 0.368 e. The molecular weight excluding hydrogens is 298 g/mol. The molecule has 0 saturated heterocycles. The average molecular weight is 314 g/mol. The zero-order valence-corrected chi connectivity index (χ0v) is 12.4. The Labute approximate surface area is 133 Å². The molecule has 1 aromatic heterocycles. The molecule has 118 valence electrons. The first-order valence-electron chi connectivity index (χ1n) is 7.33. The van der Waals surface area contributed by atoms with Crippen LogP contribution in [0.4, 0.5) is 8.78 Å². The van der Waals surface area contributed by atoms with Gasteiger partial charge in [-0.2, -0.15) is 0 Å². The number of H-pyrrole nitrogens is 1. The Morgan fingerprint density at radius 3 is 1.96 bits per heavy atom. The van der Waals surface area contributed by atoms with E-state index >= 15 is 0 Å². The molecule has 0 fully saturated rings. The second-order valence-corrected chi connectivity index (χ2v) is 5.14. The highest BCUT2D eigenvalue weighted by Crippen LogP contribution is 2.26. The maximum atomic E-state index is 13.1. The molecule has 0 atom stereocenters. The molecule has 1 N–H and O–H groups in total. The Kier molecular flexibility index (Phi) is 4.78. The summed E-state index contributed by atoms with van der Waals surface area (Å²) in [6, 6.07) is 12.3. The minimum absolute atomic E-state index is 0.304. The Morgan fingerprint density at radius 1 is 0.913 bits per heavy atom. The van der Waals surface area contributed by atoms with E-state index in [4.69, 9.17) is 4.74 Å². The van der Waals surface area contributed by atoms with Crippen molar-refractivity contribution in [3.8, 4) is 0 Å². The van der Waals surface area contributed by atoms with Crippen molar-refractivity contribution < 1.29 is 13.5 Å². The molecule has 23 heavy (non-hydrogen) atoms. The molecule has 2 aromatic carbocycles. The van der Waals surface area contributed by atoms with Gasteiger partial charge in [-0.1, -0.05) is 24.3 Å². The molecule has 0 bridgehead atoms. The number of rotatable bonds is 6. The lowest BCUT2D eigenvalue weighted by Gasteiger charge is -2.19. The highest BCUT2D eigenvalue weighted by molar-refractivity contribution is 5.30. The molecule has 0 unspecified atom stereocenters. The third-order valence-corrected chi connectivity index (χ3v) is 3.52. The predicted molar refractivity (Wildman–Crippen MR) is 82.9 cm³/mol. The summed E-state index contributed by atoms with van der Waals surface area (Å²) >= 11 is 0. The van der Waals surface area contributed by atoms with Crippen molar-refractivity contribution in [2.45, 2.75) is 12.5 Å². The van der Waals surface area contributed by atoms with E-state index in [2.05, 4.69) is 9.97 Å². The maximum Gasteiger partial charge on any atom is 0.123 e. The van der Waals surface area contributed by atoms with Crippen LogP contribution in [-0.2, 0) is 11.2 Å². The van der Waals surface area contributed by atoms with Crippen molar-refractivity contribution in [3.05, 3.63) is 89.5 Å². The van der Waals surface area contributed by atoms with Crippen molar-refractivity contribution in [2.24, 2.45) is 0 Å². The van der Waals surface area contributed by atoms with Crippen molar-refractivity contribution in [2.75, 3.05) is 6.61 Å². The molecule has 0 aliphatic carbocycles. The first-order valence-corrected chi connectivity index (χ1v) is 7.33. The number of aromatic nitrogens is 2. The minimum atomic E-state index is -0.383. The molecule has 0 amide bonds. The molecule has 3 rings (SSSR count). The van der Waals surface area contributed by atoms with E-state index in [1.54, 1.807) is 36.7 Å². The summed E-state index contributed by atoms with van der Waals surface area (Å²) in [7, 11) is 0. The highest BCUT2D eigenvalue weighted by Gasteiger charge is 2.15. The van der Waals surface area contributed by atoms with Gasteiger partial charge in [0.05, 0.1) is 6.61 Å². The van der Waals surface area contributed by atoms with Crippen LogP contribution in [0.3, 0.4) is 0 Å². The maximum absolute atomic E-state index is 13.1. The van der Waals surface area contributed by atoms with E-state index in [-0.39, 0.29) is 17.7 Å². The SMILES string of the molecule is Fc1ccc(C(OCCc2ncc[nH]2)c2ccc(F)cc2)cc1. The van der Waals surface area contributed by atoms with E-state index in [1.165, 1.54) is 24.3 Å². The number of imidazole rings is 1. The zero-order chi connectivity index (χ0) is 16.1. The second kappa shape index (κ2) is 7.15. The van der Waals surface area contributed by atoms with Gasteiger partial charge in [0.15, 0.2) is 0 Å². The number of halogens is 2. The number of aromatic amines is 1. The fraction of sp³-hybridized carbons (Fsp3) is 0.167. The lowest BCUT2D eigenvalue weighted by atomic mass is 10.0. The third kappa shape index (κ3) is 4.02. The van der Waals surface area contributed by atoms with Gasteiger partial charge in [-0.05, 0) is 35.4 Å². The molecule has 0 aliphatic heterocycles. The summed E-state index contributed by atoms with van der Waals surface area (Å²) in [5, 5.41) is 0. The molecule has 0 saturated carbocycles. The first kappa shape index (κ1) is 15.4. The Bertz CT molecular complexity index is 679. The Hall–Kier alpha value is -2.53. The molecule has 3 nitrogen and oxygen atoms in total. The van der Waals surface area contributed by atoms with Gasteiger partial charge in [0.1, 0.15) is 23.6 Å². The van der Waals surface area contributed by atoms with Crippen LogP contribution in [0.15, 0.2) is 60.9 Å². The average Bonchev–Trinajstić information content (AvgIpc) is 3.07. The van der Waals surface area contributed by atoms with Crippen molar-refractivity contribution in [3.63, 3.8) is 0 Å². The minimum Gasteiger partial charge on any atom is -0.368 e. The van der Waals surface area contributed by atoms with Crippen molar-refractivity contribution in [1.29, 1.82) is 0 Å². The smallest absolute Gasteiger partial charge is 0.123 e. The van der Waals surface area contributed by atoms with E-state index in [9.17, 15) is 8.78 Å². The number of hydrogen-bond acceptors (Lipinski definition) is 2. The van der Waals surface area contributed by atoms with Crippen LogP contribution in [-0.4, -0.2) is 16.6 Å². The van der Waals surface area contributed by atoms with Crippen LogP contribution >= 0.6 is 0 Å². The predicted octanol–water partition coefficient (Wildman–Crippen LogP) is 4.04. The van der Waals surface area contributed by atoms with Crippen LogP contribution < -0.4 is 0 Å². The Balaban J connectivity index is 1.77. The monoisotopic (exact) mass is 314 g/mol. The van der Waals surface area contributed by atoms with Crippen LogP contribution in [0, 0.1) is 11.6 Å². The number of nitrogens with zero attached hydrogens (tertiary/aromatic N) is 1. The van der Waals surface area contributed by atoms with Gasteiger partial charge in [0.25, 0.3) is 0 Å². The second-order valence-electron chi connectivity index (χ2n) is 5.14. The summed E-state index contributed by atoms with van der Waals surface area (Å²) in [6.07, 6.45) is 3.69. The molecule has 1 heterocycles. The van der Waals surface area contributed by atoms with Crippen molar-refractivity contribution in [1.82, 2.24) is 9.97 Å². The molecular formula is C18H16F2N2O. The van der Waals surface area contributed by atoms with Gasteiger partial charge in [-0.15, -0.1) is 0 Å². The molecule has 3 aromatic rings. The Morgan fingerprint density at radius 2 is 1.48 bits per heavy atom. The zero-order valence-electron chi connectivity index (χ0n) is 12.4.